The predicted octanol–water partition coefficient (Wildman–Crippen LogP) is 1.12. The molecule has 5 nitrogen and oxygen atoms in total. The first kappa shape index (κ1) is 13.2. The number of aryl methyl sites for hydroxylation is 1. The fourth-order valence-corrected chi connectivity index (χ4v) is 2.20. The molecule has 0 bridgehead atoms. The molecule has 18 heavy (non-hydrogen) atoms. The second kappa shape index (κ2) is 6.66. The lowest BCUT2D eigenvalue weighted by atomic mass is 10.1. The summed E-state index contributed by atoms with van der Waals surface area (Å²) in [5.41, 5.74) is 5.45. The summed E-state index contributed by atoms with van der Waals surface area (Å²) in [6.45, 7) is 5.42. The Morgan fingerprint density at radius 1 is 1.44 bits per heavy atom. The number of piperidine rings is 1. The van der Waals surface area contributed by atoms with Gasteiger partial charge in [-0.2, -0.15) is 0 Å². The van der Waals surface area contributed by atoms with E-state index in [-0.39, 0.29) is 0 Å². The quantitative estimate of drug-likeness (QED) is 0.793. The van der Waals surface area contributed by atoms with E-state index in [9.17, 15) is 0 Å². The number of nitrogens with zero attached hydrogens (tertiary/aromatic N) is 3. The van der Waals surface area contributed by atoms with E-state index in [0.29, 0.717) is 12.6 Å². The van der Waals surface area contributed by atoms with E-state index in [1.807, 2.05) is 19.2 Å². The van der Waals surface area contributed by atoms with Gasteiger partial charge in [0.15, 0.2) is 0 Å². The fraction of sp³-hybridized carbons (Fsp3) is 0.692. The molecule has 0 radical (unpaired) electrons. The van der Waals surface area contributed by atoms with Gasteiger partial charge in [-0.25, -0.2) is 9.97 Å². The summed E-state index contributed by atoms with van der Waals surface area (Å²) in [4.78, 5) is 10.9. The van der Waals surface area contributed by atoms with E-state index in [4.69, 9.17) is 10.5 Å². The van der Waals surface area contributed by atoms with Crippen LogP contribution in [0.1, 0.15) is 25.1 Å². The second-order valence-electron chi connectivity index (χ2n) is 4.66. The molecule has 1 saturated heterocycles. The topological polar surface area (TPSA) is 64.3 Å². The van der Waals surface area contributed by atoms with E-state index in [1.165, 1.54) is 0 Å². The smallest absolute Gasteiger partial charge is 0.132 e. The molecule has 2 heterocycles. The van der Waals surface area contributed by atoms with Crippen LogP contribution in [-0.2, 0) is 4.74 Å². The van der Waals surface area contributed by atoms with Crippen molar-refractivity contribution < 1.29 is 4.74 Å². The molecular weight excluding hydrogens is 228 g/mol. The Labute approximate surface area is 108 Å². The average Bonchev–Trinajstić information content (AvgIpc) is 2.40. The molecule has 2 N–H and O–H groups in total. The van der Waals surface area contributed by atoms with Crippen LogP contribution in [0.4, 0.5) is 5.82 Å². The number of aromatic nitrogens is 2. The first-order chi connectivity index (χ1) is 8.79. The van der Waals surface area contributed by atoms with Gasteiger partial charge >= 0.3 is 0 Å². The van der Waals surface area contributed by atoms with Crippen molar-refractivity contribution >= 4 is 5.82 Å². The monoisotopic (exact) mass is 250 g/mol. The normalized spacial score (nSPS) is 17.1. The molecule has 5 heteroatoms. The summed E-state index contributed by atoms with van der Waals surface area (Å²) in [7, 11) is 0. The van der Waals surface area contributed by atoms with Gasteiger partial charge in [0.25, 0.3) is 0 Å². The minimum Gasteiger partial charge on any atom is -0.378 e. The van der Waals surface area contributed by atoms with E-state index in [2.05, 4.69) is 14.9 Å². The molecule has 1 fully saturated rings. The average molecular weight is 250 g/mol. The Balaban J connectivity index is 1.79. The van der Waals surface area contributed by atoms with Gasteiger partial charge in [-0.15, -0.1) is 0 Å². The van der Waals surface area contributed by atoms with Crippen LogP contribution in [0, 0.1) is 6.92 Å². The van der Waals surface area contributed by atoms with E-state index >= 15 is 0 Å². The van der Waals surface area contributed by atoms with Crippen LogP contribution < -0.4 is 10.6 Å². The van der Waals surface area contributed by atoms with Gasteiger partial charge in [-0.1, -0.05) is 0 Å². The van der Waals surface area contributed by atoms with E-state index in [0.717, 1.165) is 50.6 Å². The van der Waals surface area contributed by atoms with E-state index in [1.54, 1.807) is 0 Å². The molecule has 0 amide bonds. The summed E-state index contributed by atoms with van der Waals surface area (Å²) in [5.74, 6) is 1.86. The van der Waals surface area contributed by atoms with Crippen LogP contribution in [0.3, 0.4) is 0 Å². The minimum atomic E-state index is 0.385. The third kappa shape index (κ3) is 3.65. The molecule has 1 aliphatic rings. The highest BCUT2D eigenvalue weighted by Crippen LogP contribution is 2.19. The molecule has 0 aliphatic carbocycles. The Kier molecular flexibility index (Phi) is 4.90. The molecule has 100 valence electrons. The molecule has 1 aromatic rings. The lowest BCUT2D eigenvalue weighted by Gasteiger charge is -2.32. The number of ether oxygens (including phenoxy) is 1. The van der Waals surface area contributed by atoms with Crippen LogP contribution in [-0.4, -0.2) is 42.3 Å². The van der Waals surface area contributed by atoms with Crippen molar-refractivity contribution in [3.8, 4) is 0 Å². The highest BCUT2D eigenvalue weighted by atomic mass is 16.5. The predicted molar refractivity (Wildman–Crippen MR) is 71.6 cm³/mol. The zero-order chi connectivity index (χ0) is 12.8. The molecule has 0 aromatic carbocycles. The van der Waals surface area contributed by atoms with Crippen molar-refractivity contribution in [3.05, 3.63) is 18.1 Å². The third-order valence-electron chi connectivity index (χ3n) is 3.23. The molecule has 0 saturated carbocycles. The van der Waals surface area contributed by atoms with Gasteiger partial charge in [0.05, 0.1) is 6.10 Å². The van der Waals surface area contributed by atoms with Gasteiger partial charge < -0.3 is 15.4 Å². The molecule has 0 unspecified atom stereocenters. The number of hydrogen-bond acceptors (Lipinski definition) is 5. The molecular formula is C13H22N4O. The summed E-state index contributed by atoms with van der Waals surface area (Å²) >= 11 is 0. The zero-order valence-corrected chi connectivity index (χ0v) is 11.0. The SMILES string of the molecule is Cc1nccc(N2CCC(OCCCN)CC2)n1. The highest BCUT2D eigenvalue weighted by Gasteiger charge is 2.20. The minimum absolute atomic E-state index is 0.385. The van der Waals surface area contributed by atoms with Crippen LogP contribution in [0.5, 0.6) is 0 Å². The first-order valence-electron chi connectivity index (χ1n) is 6.66. The Hall–Kier alpha value is -1.20. The molecule has 1 aromatic heterocycles. The highest BCUT2D eigenvalue weighted by molar-refractivity contribution is 5.37. The number of rotatable bonds is 5. The Morgan fingerprint density at radius 3 is 2.89 bits per heavy atom. The third-order valence-corrected chi connectivity index (χ3v) is 3.23. The largest absolute Gasteiger partial charge is 0.378 e. The maximum absolute atomic E-state index is 5.79. The van der Waals surface area contributed by atoms with Crippen molar-refractivity contribution in [1.82, 2.24) is 9.97 Å². The summed E-state index contributed by atoms with van der Waals surface area (Å²) in [6.07, 6.45) is 5.28. The van der Waals surface area contributed by atoms with Crippen molar-refractivity contribution in [2.24, 2.45) is 5.73 Å². The van der Waals surface area contributed by atoms with Crippen molar-refractivity contribution in [2.75, 3.05) is 31.1 Å². The van der Waals surface area contributed by atoms with Crippen molar-refractivity contribution in [1.29, 1.82) is 0 Å². The number of hydrogen-bond donors (Lipinski definition) is 1. The lowest BCUT2D eigenvalue weighted by Crippen LogP contribution is -2.37. The maximum atomic E-state index is 5.79. The molecule has 2 rings (SSSR count). The standard InChI is InChI=1S/C13H22N4O/c1-11-15-7-3-13(16-11)17-8-4-12(5-9-17)18-10-2-6-14/h3,7,12H,2,4-6,8-10,14H2,1H3. The molecule has 0 spiro atoms. The zero-order valence-electron chi connectivity index (χ0n) is 11.0. The fourth-order valence-electron chi connectivity index (χ4n) is 2.20. The summed E-state index contributed by atoms with van der Waals surface area (Å²) < 4.78 is 5.79. The summed E-state index contributed by atoms with van der Waals surface area (Å²) in [6, 6.07) is 1.97. The molecule has 1 aliphatic heterocycles. The van der Waals surface area contributed by atoms with Gasteiger partial charge in [0.2, 0.25) is 0 Å². The van der Waals surface area contributed by atoms with Crippen molar-refractivity contribution in [2.45, 2.75) is 32.3 Å². The number of anilines is 1. The Morgan fingerprint density at radius 2 is 2.22 bits per heavy atom. The van der Waals surface area contributed by atoms with Crippen LogP contribution in [0.2, 0.25) is 0 Å². The van der Waals surface area contributed by atoms with Crippen LogP contribution in [0.15, 0.2) is 12.3 Å². The van der Waals surface area contributed by atoms with Gasteiger partial charge in [-0.3, -0.25) is 0 Å². The summed E-state index contributed by atoms with van der Waals surface area (Å²) in [5, 5.41) is 0. The lowest BCUT2D eigenvalue weighted by molar-refractivity contribution is 0.0365. The Bertz CT molecular complexity index is 364. The van der Waals surface area contributed by atoms with Crippen LogP contribution in [0.25, 0.3) is 0 Å². The first-order valence-corrected chi connectivity index (χ1v) is 6.66. The molecule has 0 atom stereocenters. The van der Waals surface area contributed by atoms with Gasteiger partial charge in [0, 0.05) is 25.9 Å². The van der Waals surface area contributed by atoms with E-state index < -0.39 is 0 Å². The maximum Gasteiger partial charge on any atom is 0.132 e. The second-order valence-corrected chi connectivity index (χ2v) is 4.66. The van der Waals surface area contributed by atoms with Gasteiger partial charge in [-0.05, 0) is 38.8 Å². The number of nitrogens with two attached hydrogens (primary N) is 1. The van der Waals surface area contributed by atoms with Crippen molar-refractivity contribution in [3.63, 3.8) is 0 Å². The van der Waals surface area contributed by atoms with Gasteiger partial charge in [0.1, 0.15) is 11.6 Å². The van der Waals surface area contributed by atoms with Crippen LogP contribution >= 0.6 is 0 Å².